The fourth-order valence-electron chi connectivity index (χ4n) is 2.17. The van der Waals surface area contributed by atoms with Gasteiger partial charge in [0, 0.05) is 5.02 Å². The van der Waals surface area contributed by atoms with Crippen LogP contribution in [0, 0.1) is 19.3 Å². The number of benzene rings is 1. The van der Waals surface area contributed by atoms with E-state index in [2.05, 4.69) is 27.7 Å². The fraction of sp³-hybridized carbons (Fsp3) is 0.600. The van der Waals surface area contributed by atoms with Crippen molar-refractivity contribution in [2.75, 3.05) is 0 Å². The number of phenolic OH excluding ortho intramolecular Hbond substituents is 1. The Labute approximate surface area is 110 Å². The molecule has 1 atom stereocenters. The topological polar surface area (TPSA) is 20.2 Å². The van der Waals surface area contributed by atoms with Crippen molar-refractivity contribution in [3.8, 4) is 5.75 Å². The lowest BCUT2D eigenvalue weighted by atomic mass is 9.73. The molecule has 0 spiro atoms. The van der Waals surface area contributed by atoms with Crippen LogP contribution < -0.4 is 0 Å². The van der Waals surface area contributed by atoms with Gasteiger partial charge in [0.2, 0.25) is 0 Å². The molecule has 0 saturated heterocycles. The van der Waals surface area contributed by atoms with Gasteiger partial charge in [-0.25, -0.2) is 0 Å². The zero-order chi connectivity index (χ0) is 13.4. The summed E-state index contributed by atoms with van der Waals surface area (Å²) in [4.78, 5) is 0. The summed E-state index contributed by atoms with van der Waals surface area (Å²) < 4.78 is 0. The molecule has 0 bridgehead atoms. The lowest BCUT2D eigenvalue weighted by Crippen LogP contribution is -2.20. The van der Waals surface area contributed by atoms with Crippen molar-refractivity contribution in [1.82, 2.24) is 0 Å². The maximum atomic E-state index is 10.0. The number of aryl methyl sites for hydroxylation is 1. The molecule has 1 unspecified atom stereocenters. The molecule has 0 saturated carbocycles. The van der Waals surface area contributed by atoms with Gasteiger partial charge in [-0.15, -0.1) is 0 Å². The first-order valence-electron chi connectivity index (χ1n) is 6.21. The van der Waals surface area contributed by atoms with Crippen LogP contribution in [0.15, 0.2) is 6.07 Å². The molecule has 0 aromatic heterocycles. The van der Waals surface area contributed by atoms with Gasteiger partial charge >= 0.3 is 0 Å². The highest BCUT2D eigenvalue weighted by Crippen LogP contribution is 2.44. The number of rotatable bonds is 3. The molecule has 0 amide bonds. The smallest absolute Gasteiger partial charge is 0.121 e. The normalized spacial score (nSPS) is 13.8. The molecule has 1 rings (SSSR count). The molecule has 0 radical (unpaired) electrons. The SMILES string of the molecule is CCC(C)(C)C(C)c1c(Cl)cc(C)c(O)c1C. The van der Waals surface area contributed by atoms with Gasteiger partial charge in [-0.3, -0.25) is 0 Å². The van der Waals surface area contributed by atoms with Crippen LogP contribution in [0.2, 0.25) is 5.02 Å². The van der Waals surface area contributed by atoms with E-state index < -0.39 is 0 Å². The van der Waals surface area contributed by atoms with Crippen LogP contribution in [0.4, 0.5) is 0 Å². The van der Waals surface area contributed by atoms with Crippen molar-refractivity contribution in [3.05, 3.63) is 27.8 Å². The van der Waals surface area contributed by atoms with Gasteiger partial charge in [0.1, 0.15) is 5.75 Å². The molecule has 1 aromatic rings. The molecule has 96 valence electrons. The van der Waals surface area contributed by atoms with Crippen molar-refractivity contribution < 1.29 is 5.11 Å². The first-order valence-corrected chi connectivity index (χ1v) is 6.58. The Bertz CT molecular complexity index is 421. The number of halogens is 1. The first kappa shape index (κ1) is 14.4. The molecular weight excluding hydrogens is 232 g/mol. The van der Waals surface area contributed by atoms with Gasteiger partial charge in [-0.05, 0) is 47.9 Å². The van der Waals surface area contributed by atoms with Crippen LogP contribution in [-0.4, -0.2) is 5.11 Å². The maximum Gasteiger partial charge on any atom is 0.121 e. The van der Waals surface area contributed by atoms with Crippen molar-refractivity contribution in [3.63, 3.8) is 0 Å². The Morgan fingerprint density at radius 1 is 1.35 bits per heavy atom. The van der Waals surface area contributed by atoms with E-state index in [0.717, 1.165) is 28.1 Å². The largest absolute Gasteiger partial charge is 0.507 e. The molecule has 0 aliphatic heterocycles. The number of hydrogen-bond donors (Lipinski definition) is 1. The van der Waals surface area contributed by atoms with Crippen LogP contribution >= 0.6 is 11.6 Å². The lowest BCUT2D eigenvalue weighted by molar-refractivity contribution is 0.287. The summed E-state index contributed by atoms with van der Waals surface area (Å²) >= 11 is 6.35. The molecule has 0 fully saturated rings. The minimum absolute atomic E-state index is 0.177. The van der Waals surface area contributed by atoms with Gasteiger partial charge in [0.25, 0.3) is 0 Å². The predicted octanol–water partition coefficient (Wildman–Crippen LogP) is 5.20. The minimum atomic E-state index is 0.177. The highest BCUT2D eigenvalue weighted by atomic mass is 35.5. The third-order valence-corrected chi connectivity index (χ3v) is 4.56. The second-order valence-electron chi connectivity index (χ2n) is 5.63. The molecule has 0 aliphatic rings. The standard InChI is InChI=1S/C15H23ClO/c1-7-15(5,6)11(4)13-10(3)14(17)9(2)8-12(13)16/h8,11,17H,7H2,1-6H3. The molecule has 1 aromatic carbocycles. The summed E-state index contributed by atoms with van der Waals surface area (Å²) in [6.45, 7) is 12.7. The Morgan fingerprint density at radius 2 is 1.88 bits per heavy atom. The van der Waals surface area contributed by atoms with Crippen LogP contribution in [0.25, 0.3) is 0 Å². The third-order valence-electron chi connectivity index (χ3n) is 4.25. The Morgan fingerprint density at radius 3 is 2.35 bits per heavy atom. The zero-order valence-corrected chi connectivity index (χ0v) is 12.4. The predicted molar refractivity (Wildman–Crippen MR) is 75.1 cm³/mol. The quantitative estimate of drug-likeness (QED) is 0.786. The zero-order valence-electron chi connectivity index (χ0n) is 11.7. The monoisotopic (exact) mass is 254 g/mol. The molecule has 1 nitrogen and oxygen atoms in total. The van der Waals surface area contributed by atoms with Gasteiger partial charge in [0.15, 0.2) is 0 Å². The molecule has 0 heterocycles. The summed E-state index contributed by atoms with van der Waals surface area (Å²) in [6.07, 6.45) is 1.08. The summed E-state index contributed by atoms with van der Waals surface area (Å²) in [5, 5.41) is 10.8. The number of phenols is 1. The fourth-order valence-corrected chi connectivity index (χ4v) is 2.64. The van der Waals surface area contributed by atoms with Crippen molar-refractivity contribution in [2.24, 2.45) is 5.41 Å². The van der Waals surface area contributed by atoms with E-state index in [1.807, 2.05) is 19.9 Å². The van der Waals surface area contributed by atoms with Gasteiger partial charge in [-0.1, -0.05) is 45.7 Å². The van der Waals surface area contributed by atoms with E-state index in [4.69, 9.17) is 11.6 Å². The van der Waals surface area contributed by atoms with E-state index in [1.165, 1.54) is 0 Å². The molecule has 0 aliphatic carbocycles. The average molecular weight is 255 g/mol. The van der Waals surface area contributed by atoms with E-state index in [9.17, 15) is 5.11 Å². The van der Waals surface area contributed by atoms with Crippen LogP contribution in [0.1, 0.15) is 56.7 Å². The van der Waals surface area contributed by atoms with E-state index in [-0.39, 0.29) is 5.41 Å². The van der Waals surface area contributed by atoms with Crippen molar-refractivity contribution in [1.29, 1.82) is 0 Å². The van der Waals surface area contributed by atoms with Gasteiger partial charge < -0.3 is 5.11 Å². The molecular formula is C15H23ClO. The highest BCUT2D eigenvalue weighted by Gasteiger charge is 2.29. The molecule has 1 N–H and O–H groups in total. The Hall–Kier alpha value is -0.690. The second-order valence-corrected chi connectivity index (χ2v) is 6.03. The first-order chi connectivity index (χ1) is 7.72. The average Bonchev–Trinajstić information content (AvgIpc) is 2.26. The van der Waals surface area contributed by atoms with Crippen LogP contribution in [0.3, 0.4) is 0 Å². The van der Waals surface area contributed by atoms with E-state index >= 15 is 0 Å². The molecule has 17 heavy (non-hydrogen) atoms. The third kappa shape index (κ3) is 2.60. The maximum absolute atomic E-state index is 10.0. The highest BCUT2D eigenvalue weighted by molar-refractivity contribution is 6.31. The van der Waals surface area contributed by atoms with E-state index in [1.54, 1.807) is 0 Å². The van der Waals surface area contributed by atoms with Crippen molar-refractivity contribution in [2.45, 2.75) is 53.9 Å². The van der Waals surface area contributed by atoms with Crippen LogP contribution in [-0.2, 0) is 0 Å². The summed E-state index contributed by atoms with van der Waals surface area (Å²) in [5.74, 6) is 0.703. The Kier molecular flexibility index (Phi) is 4.14. The minimum Gasteiger partial charge on any atom is -0.507 e. The summed E-state index contributed by atoms with van der Waals surface area (Å²) in [6, 6.07) is 1.86. The second kappa shape index (κ2) is 4.89. The van der Waals surface area contributed by atoms with Gasteiger partial charge in [-0.2, -0.15) is 0 Å². The summed E-state index contributed by atoms with van der Waals surface area (Å²) in [7, 11) is 0. The van der Waals surface area contributed by atoms with E-state index in [0.29, 0.717) is 11.7 Å². The number of aromatic hydroxyl groups is 1. The van der Waals surface area contributed by atoms with Gasteiger partial charge in [0.05, 0.1) is 0 Å². The number of hydrogen-bond acceptors (Lipinski definition) is 1. The lowest BCUT2D eigenvalue weighted by Gasteiger charge is -2.33. The summed E-state index contributed by atoms with van der Waals surface area (Å²) in [5.41, 5.74) is 3.03. The molecule has 2 heteroatoms. The Balaban J connectivity index is 3.37. The van der Waals surface area contributed by atoms with Crippen molar-refractivity contribution >= 4 is 11.6 Å². The van der Waals surface area contributed by atoms with Crippen LogP contribution in [0.5, 0.6) is 5.75 Å².